The highest BCUT2D eigenvalue weighted by Gasteiger charge is 1.99. The number of ether oxygens (including phenoxy) is 1. The normalized spacial score (nSPS) is 18.1. The summed E-state index contributed by atoms with van der Waals surface area (Å²) < 4.78 is 4.79. The van der Waals surface area contributed by atoms with Gasteiger partial charge in [0.1, 0.15) is 12.3 Å². The van der Waals surface area contributed by atoms with Gasteiger partial charge in [0.15, 0.2) is 0 Å². The van der Waals surface area contributed by atoms with Crippen molar-refractivity contribution in [1.29, 1.82) is 0 Å². The molecule has 0 atom stereocenters. The van der Waals surface area contributed by atoms with Gasteiger partial charge in [-0.15, -0.1) is 0 Å². The number of methoxy groups -OCH3 is 1. The summed E-state index contributed by atoms with van der Waals surface area (Å²) in [5.41, 5.74) is 5.46. The van der Waals surface area contributed by atoms with Gasteiger partial charge in [-0.1, -0.05) is 0 Å². The number of rotatable bonds is 1. The summed E-state index contributed by atoms with van der Waals surface area (Å²) in [6.07, 6.45) is 1.74. The minimum Gasteiger partial charge on any atom is -0.498 e. The van der Waals surface area contributed by atoms with Crippen molar-refractivity contribution in [3.05, 3.63) is 18.5 Å². The van der Waals surface area contributed by atoms with Gasteiger partial charge in [-0.2, -0.15) is 0 Å². The number of hydrazine groups is 1. The third kappa shape index (κ3) is 0.838. The lowest BCUT2D eigenvalue weighted by Crippen LogP contribution is -2.16. The summed E-state index contributed by atoms with van der Waals surface area (Å²) in [7, 11) is 1.62. The molecule has 3 heteroatoms. The van der Waals surface area contributed by atoms with E-state index in [9.17, 15) is 0 Å². The fourth-order valence-electron chi connectivity index (χ4n) is 0.385. The molecule has 0 saturated carbocycles. The Morgan fingerprint density at radius 1 is 1.57 bits per heavy atom. The first kappa shape index (κ1) is 4.46. The Labute approximate surface area is 42.3 Å². The van der Waals surface area contributed by atoms with Crippen molar-refractivity contribution in [2.24, 2.45) is 0 Å². The molecule has 0 aromatic rings. The Kier molecular flexibility index (Phi) is 1.17. The summed E-state index contributed by atoms with van der Waals surface area (Å²) >= 11 is 0. The van der Waals surface area contributed by atoms with Crippen LogP contribution in [0.1, 0.15) is 0 Å². The van der Waals surface area contributed by atoms with Crippen molar-refractivity contribution in [3.63, 3.8) is 0 Å². The monoisotopic (exact) mass is 99.1 g/mol. The molecule has 1 heterocycles. The molecule has 1 radical (unpaired) electrons. The lowest BCUT2D eigenvalue weighted by Gasteiger charge is -1.92. The molecule has 0 spiro atoms. The van der Waals surface area contributed by atoms with Crippen molar-refractivity contribution >= 4 is 0 Å². The quantitative estimate of drug-likeness (QED) is 0.475. The molecular formula is C4H7N2O. The van der Waals surface area contributed by atoms with Gasteiger partial charge in [-0.25, -0.2) is 5.43 Å². The highest BCUT2D eigenvalue weighted by atomic mass is 16.5. The average Bonchev–Trinajstić information content (AvgIpc) is 2.14. The average molecular weight is 99.1 g/mol. The van der Waals surface area contributed by atoms with Gasteiger partial charge in [0.2, 0.25) is 0 Å². The van der Waals surface area contributed by atoms with Crippen molar-refractivity contribution in [3.8, 4) is 0 Å². The molecule has 0 aromatic carbocycles. The Hall–Kier alpha value is -0.700. The minimum atomic E-state index is 0.819. The Morgan fingerprint density at radius 3 is 2.71 bits per heavy atom. The van der Waals surface area contributed by atoms with Crippen molar-refractivity contribution in [2.45, 2.75) is 0 Å². The van der Waals surface area contributed by atoms with E-state index in [1.807, 2.05) is 0 Å². The van der Waals surface area contributed by atoms with E-state index in [1.165, 1.54) is 0 Å². The summed E-state index contributed by atoms with van der Waals surface area (Å²) in [6.45, 7) is 1.74. The maximum absolute atomic E-state index is 4.79. The van der Waals surface area contributed by atoms with Gasteiger partial charge in [-0.05, 0) is 0 Å². The second-order valence-electron chi connectivity index (χ2n) is 1.18. The highest BCUT2D eigenvalue weighted by molar-refractivity contribution is 5.06. The molecule has 0 unspecified atom stereocenters. The maximum Gasteiger partial charge on any atom is 0.133 e. The van der Waals surface area contributed by atoms with Gasteiger partial charge in [0.05, 0.1) is 13.3 Å². The zero-order chi connectivity index (χ0) is 5.11. The second kappa shape index (κ2) is 1.84. The molecule has 3 nitrogen and oxygen atoms in total. The van der Waals surface area contributed by atoms with Crippen LogP contribution in [0.2, 0.25) is 0 Å². The van der Waals surface area contributed by atoms with Gasteiger partial charge < -0.3 is 10.2 Å². The zero-order valence-electron chi connectivity index (χ0n) is 4.06. The molecule has 7 heavy (non-hydrogen) atoms. The SMILES string of the molecule is COC1=CNN[CH]1. The smallest absolute Gasteiger partial charge is 0.133 e. The van der Waals surface area contributed by atoms with Crippen molar-refractivity contribution in [2.75, 3.05) is 7.11 Å². The van der Waals surface area contributed by atoms with E-state index >= 15 is 0 Å². The van der Waals surface area contributed by atoms with Crippen LogP contribution in [-0.2, 0) is 4.74 Å². The third-order valence-electron chi connectivity index (χ3n) is 0.748. The third-order valence-corrected chi connectivity index (χ3v) is 0.748. The minimum absolute atomic E-state index is 0.819. The number of hydrogen-bond acceptors (Lipinski definition) is 3. The zero-order valence-corrected chi connectivity index (χ0v) is 4.06. The fraction of sp³-hybridized carbons (Fsp3) is 0.250. The van der Waals surface area contributed by atoms with E-state index in [0.29, 0.717) is 0 Å². The van der Waals surface area contributed by atoms with Crippen LogP contribution in [0.15, 0.2) is 12.0 Å². The van der Waals surface area contributed by atoms with E-state index in [2.05, 4.69) is 10.9 Å². The molecule has 0 fully saturated rings. The van der Waals surface area contributed by atoms with E-state index in [0.717, 1.165) is 5.76 Å². The highest BCUT2D eigenvalue weighted by Crippen LogP contribution is 1.97. The van der Waals surface area contributed by atoms with Crippen LogP contribution in [0.4, 0.5) is 0 Å². The van der Waals surface area contributed by atoms with E-state index in [1.54, 1.807) is 19.9 Å². The molecule has 0 aliphatic carbocycles. The van der Waals surface area contributed by atoms with E-state index in [-0.39, 0.29) is 0 Å². The summed E-state index contributed by atoms with van der Waals surface area (Å²) in [6, 6.07) is 0. The molecule has 0 saturated heterocycles. The van der Waals surface area contributed by atoms with Gasteiger partial charge in [-0.3, -0.25) is 0 Å². The molecule has 1 aliphatic heterocycles. The Bertz CT molecular complexity index is 89.7. The summed E-state index contributed by atoms with van der Waals surface area (Å²) in [4.78, 5) is 0. The standard InChI is InChI=1S/C4H7N2O/c1-7-4-2-5-6-3-4/h2-3,5-6H,1H3. The largest absolute Gasteiger partial charge is 0.498 e. The molecule has 39 valence electrons. The van der Waals surface area contributed by atoms with Gasteiger partial charge in [0.25, 0.3) is 0 Å². The van der Waals surface area contributed by atoms with E-state index < -0.39 is 0 Å². The first-order chi connectivity index (χ1) is 3.43. The predicted molar refractivity (Wildman–Crippen MR) is 25.7 cm³/mol. The first-order valence-corrected chi connectivity index (χ1v) is 2.02. The van der Waals surface area contributed by atoms with Crippen LogP contribution < -0.4 is 10.9 Å². The molecule has 0 amide bonds. The van der Waals surface area contributed by atoms with Crippen LogP contribution in [0.5, 0.6) is 0 Å². The lowest BCUT2D eigenvalue weighted by atomic mass is 10.6. The van der Waals surface area contributed by atoms with Crippen LogP contribution >= 0.6 is 0 Å². The molecule has 0 bridgehead atoms. The molecule has 2 N–H and O–H groups in total. The van der Waals surface area contributed by atoms with E-state index in [4.69, 9.17) is 4.74 Å². The summed E-state index contributed by atoms with van der Waals surface area (Å²) in [5.74, 6) is 0.819. The Morgan fingerprint density at radius 2 is 2.43 bits per heavy atom. The summed E-state index contributed by atoms with van der Waals surface area (Å²) in [5, 5.41) is 0. The van der Waals surface area contributed by atoms with Crippen LogP contribution in [0.3, 0.4) is 0 Å². The molecule has 1 aliphatic rings. The lowest BCUT2D eigenvalue weighted by molar-refractivity contribution is 0.300. The number of nitrogens with one attached hydrogen (secondary N) is 2. The molecular weight excluding hydrogens is 92.1 g/mol. The molecule has 1 rings (SSSR count). The van der Waals surface area contributed by atoms with Gasteiger partial charge in [0, 0.05) is 0 Å². The maximum atomic E-state index is 4.79. The first-order valence-electron chi connectivity index (χ1n) is 2.02. The second-order valence-corrected chi connectivity index (χ2v) is 1.18. The predicted octanol–water partition coefficient (Wildman–Crippen LogP) is -0.256. The van der Waals surface area contributed by atoms with Gasteiger partial charge >= 0.3 is 0 Å². The van der Waals surface area contributed by atoms with Crippen molar-refractivity contribution < 1.29 is 4.74 Å². The topological polar surface area (TPSA) is 33.3 Å². The van der Waals surface area contributed by atoms with Crippen molar-refractivity contribution in [1.82, 2.24) is 10.9 Å². The fourth-order valence-corrected chi connectivity index (χ4v) is 0.385. The van der Waals surface area contributed by atoms with Crippen LogP contribution in [0, 0.1) is 6.54 Å². The van der Waals surface area contributed by atoms with Crippen LogP contribution in [0.25, 0.3) is 0 Å². The van der Waals surface area contributed by atoms with Crippen LogP contribution in [-0.4, -0.2) is 7.11 Å². The molecule has 0 aromatic heterocycles. The number of hydrogen-bond donors (Lipinski definition) is 2. The Balaban J connectivity index is 2.36.